The van der Waals surface area contributed by atoms with Gasteiger partial charge in [0.2, 0.25) is 0 Å². The number of hydrogen-bond acceptors (Lipinski definition) is 2. The highest BCUT2D eigenvalue weighted by molar-refractivity contribution is 5.85. The molecule has 1 aliphatic heterocycles. The maximum Gasteiger partial charge on any atom is 0.330 e. The molecular formula is C9H14O3. The Balaban J connectivity index is 2.17. The zero-order chi connectivity index (χ0) is 9.14. The first-order valence-electron chi connectivity index (χ1n) is 4.14. The molecule has 1 fully saturated rings. The summed E-state index contributed by atoms with van der Waals surface area (Å²) in [5.74, 6) is -0.325. The lowest BCUT2D eigenvalue weighted by Gasteiger charge is -2.34. The average molecular weight is 170 g/mol. The second-order valence-corrected chi connectivity index (χ2v) is 3.30. The molecule has 1 rings (SSSR count). The lowest BCUT2D eigenvalue weighted by molar-refractivity contribution is -0.133. The lowest BCUT2D eigenvalue weighted by Crippen LogP contribution is -2.37. The molecule has 1 saturated heterocycles. The second kappa shape index (κ2) is 3.72. The number of aliphatic carboxylic acids is 1. The summed E-state index contributed by atoms with van der Waals surface area (Å²) in [7, 11) is 0. The molecule has 1 aliphatic rings. The number of hydrogen-bond donors (Lipinski definition) is 1. The van der Waals surface area contributed by atoms with Crippen LogP contribution < -0.4 is 0 Å². The SMILES string of the molecule is C=C(CCC1OCC1C)C(=O)O. The Morgan fingerprint density at radius 1 is 1.75 bits per heavy atom. The van der Waals surface area contributed by atoms with Gasteiger partial charge in [-0.05, 0) is 12.8 Å². The topological polar surface area (TPSA) is 46.5 Å². The summed E-state index contributed by atoms with van der Waals surface area (Å²) in [6.45, 7) is 6.37. The van der Waals surface area contributed by atoms with Crippen LogP contribution >= 0.6 is 0 Å². The van der Waals surface area contributed by atoms with Crippen LogP contribution in [0.3, 0.4) is 0 Å². The van der Waals surface area contributed by atoms with E-state index in [2.05, 4.69) is 13.5 Å². The first-order chi connectivity index (χ1) is 5.61. The summed E-state index contributed by atoms with van der Waals surface area (Å²) < 4.78 is 5.24. The van der Waals surface area contributed by atoms with E-state index < -0.39 is 5.97 Å². The Hall–Kier alpha value is -0.830. The molecule has 2 atom stereocenters. The van der Waals surface area contributed by atoms with Crippen LogP contribution in [-0.2, 0) is 9.53 Å². The van der Waals surface area contributed by atoms with Crippen LogP contribution in [0, 0.1) is 5.92 Å². The van der Waals surface area contributed by atoms with E-state index in [9.17, 15) is 4.79 Å². The van der Waals surface area contributed by atoms with Gasteiger partial charge in [0, 0.05) is 11.5 Å². The van der Waals surface area contributed by atoms with Crippen molar-refractivity contribution in [3.63, 3.8) is 0 Å². The van der Waals surface area contributed by atoms with E-state index in [4.69, 9.17) is 9.84 Å². The van der Waals surface area contributed by atoms with Crippen LogP contribution in [0.2, 0.25) is 0 Å². The molecule has 1 N–H and O–H groups in total. The van der Waals surface area contributed by atoms with Gasteiger partial charge >= 0.3 is 5.97 Å². The summed E-state index contributed by atoms with van der Waals surface area (Å²) in [6, 6.07) is 0. The normalized spacial score (nSPS) is 27.8. The molecule has 0 radical (unpaired) electrons. The first kappa shape index (κ1) is 9.26. The Morgan fingerprint density at radius 3 is 2.75 bits per heavy atom. The third kappa shape index (κ3) is 2.08. The number of ether oxygens (including phenoxy) is 1. The van der Waals surface area contributed by atoms with Crippen LogP contribution in [0.15, 0.2) is 12.2 Å². The Kier molecular flexibility index (Phi) is 2.87. The second-order valence-electron chi connectivity index (χ2n) is 3.30. The zero-order valence-corrected chi connectivity index (χ0v) is 7.25. The molecular weight excluding hydrogens is 156 g/mol. The minimum Gasteiger partial charge on any atom is -0.478 e. The van der Waals surface area contributed by atoms with Crippen molar-refractivity contribution < 1.29 is 14.6 Å². The molecule has 3 nitrogen and oxygen atoms in total. The van der Waals surface area contributed by atoms with Gasteiger partial charge in [-0.25, -0.2) is 4.79 Å². The summed E-state index contributed by atoms with van der Waals surface area (Å²) >= 11 is 0. The Labute approximate surface area is 72.0 Å². The summed E-state index contributed by atoms with van der Waals surface area (Å²) in [6.07, 6.45) is 1.57. The maximum atomic E-state index is 10.4. The number of rotatable bonds is 4. The minimum absolute atomic E-state index is 0.251. The lowest BCUT2D eigenvalue weighted by atomic mass is 9.94. The molecule has 0 aromatic heterocycles. The third-order valence-corrected chi connectivity index (χ3v) is 2.24. The largest absolute Gasteiger partial charge is 0.478 e. The highest BCUT2D eigenvalue weighted by atomic mass is 16.5. The van der Waals surface area contributed by atoms with Gasteiger partial charge in [-0.1, -0.05) is 13.5 Å². The number of carbonyl (C=O) groups is 1. The minimum atomic E-state index is -0.901. The maximum absolute atomic E-state index is 10.4. The van der Waals surface area contributed by atoms with Gasteiger partial charge in [0.15, 0.2) is 0 Å². The molecule has 0 aliphatic carbocycles. The van der Waals surface area contributed by atoms with Crippen LogP contribution in [0.25, 0.3) is 0 Å². The van der Waals surface area contributed by atoms with Crippen LogP contribution in [0.1, 0.15) is 19.8 Å². The molecule has 0 bridgehead atoms. The number of carboxylic acid groups (broad SMARTS) is 1. The van der Waals surface area contributed by atoms with Gasteiger partial charge in [-0.3, -0.25) is 0 Å². The molecule has 68 valence electrons. The molecule has 0 saturated carbocycles. The number of carboxylic acids is 1. The van der Waals surface area contributed by atoms with Gasteiger partial charge in [-0.15, -0.1) is 0 Å². The fourth-order valence-corrected chi connectivity index (χ4v) is 1.22. The molecule has 0 aromatic carbocycles. The predicted molar refractivity (Wildman–Crippen MR) is 44.9 cm³/mol. The highest BCUT2D eigenvalue weighted by Gasteiger charge is 2.27. The molecule has 12 heavy (non-hydrogen) atoms. The predicted octanol–water partition coefficient (Wildman–Crippen LogP) is 1.44. The third-order valence-electron chi connectivity index (χ3n) is 2.24. The van der Waals surface area contributed by atoms with Crippen LogP contribution in [0.5, 0.6) is 0 Å². The van der Waals surface area contributed by atoms with E-state index in [-0.39, 0.29) is 11.7 Å². The van der Waals surface area contributed by atoms with Gasteiger partial charge in [0.1, 0.15) is 0 Å². The van der Waals surface area contributed by atoms with Crippen molar-refractivity contribution in [2.24, 2.45) is 5.92 Å². The molecule has 0 spiro atoms. The summed E-state index contributed by atoms with van der Waals surface area (Å²) in [5.41, 5.74) is 0.276. The van der Waals surface area contributed by atoms with E-state index in [0.29, 0.717) is 12.3 Å². The highest BCUT2D eigenvalue weighted by Crippen LogP contribution is 2.24. The molecule has 1 heterocycles. The average Bonchev–Trinajstić information content (AvgIpc) is 2.01. The molecule has 3 heteroatoms. The molecule has 0 amide bonds. The van der Waals surface area contributed by atoms with E-state index >= 15 is 0 Å². The first-order valence-corrected chi connectivity index (χ1v) is 4.14. The van der Waals surface area contributed by atoms with Crippen molar-refractivity contribution in [2.75, 3.05) is 6.61 Å². The van der Waals surface area contributed by atoms with Gasteiger partial charge in [0.25, 0.3) is 0 Å². The Bertz CT molecular complexity index is 198. The molecule has 0 aromatic rings. The van der Waals surface area contributed by atoms with E-state index in [1.54, 1.807) is 0 Å². The smallest absolute Gasteiger partial charge is 0.330 e. The monoisotopic (exact) mass is 170 g/mol. The van der Waals surface area contributed by atoms with Crippen molar-refractivity contribution in [3.8, 4) is 0 Å². The fraction of sp³-hybridized carbons (Fsp3) is 0.667. The van der Waals surface area contributed by atoms with E-state index in [0.717, 1.165) is 13.0 Å². The van der Waals surface area contributed by atoms with Gasteiger partial charge in [0.05, 0.1) is 12.7 Å². The van der Waals surface area contributed by atoms with Crippen molar-refractivity contribution >= 4 is 5.97 Å². The molecule has 2 unspecified atom stereocenters. The van der Waals surface area contributed by atoms with Crippen LogP contribution in [-0.4, -0.2) is 23.8 Å². The quantitative estimate of drug-likeness (QED) is 0.649. The fourth-order valence-electron chi connectivity index (χ4n) is 1.22. The summed E-state index contributed by atoms with van der Waals surface area (Å²) in [4.78, 5) is 10.4. The van der Waals surface area contributed by atoms with E-state index in [1.165, 1.54) is 0 Å². The van der Waals surface area contributed by atoms with Crippen molar-refractivity contribution in [1.29, 1.82) is 0 Å². The Morgan fingerprint density at radius 2 is 2.42 bits per heavy atom. The summed E-state index contributed by atoms with van der Waals surface area (Å²) in [5, 5.41) is 8.51. The standard InChI is InChI=1S/C9H14O3/c1-6(9(10)11)3-4-8-7(2)5-12-8/h7-8H,1,3-5H2,2H3,(H,10,11). The van der Waals surface area contributed by atoms with Crippen LogP contribution in [0.4, 0.5) is 0 Å². The van der Waals surface area contributed by atoms with Crippen molar-refractivity contribution in [1.82, 2.24) is 0 Å². The van der Waals surface area contributed by atoms with E-state index in [1.807, 2.05) is 0 Å². The zero-order valence-electron chi connectivity index (χ0n) is 7.25. The van der Waals surface area contributed by atoms with Gasteiger partial charge in [-0.2, -0.15) is 0 Å². The van der Waals surface area contributed by atoms with Gasteiger partial charge < -0.3 is 9.84 Å². The van der Waals surface area contributed by atoms with Crippen molar-refractivity contribution in [3.05, 3.63) is 12.2 Å². The van der Waals surface area contributed by atoms with Crippen molar-refractivity contribution in [2.45, 2.75) is 25.9 Å².